The van der Waals surface area contributed by atoms with Gasteiger partial charge in [0.05, 0.1) is 28.9 Å². The minimum absolute atomic E-state index is 0.296. The average molecular weight is 359 g/mol. The van der Waals surface area contributed by atoms with Crippen molar-refractivity contribution in [3.63, 3.8) is 0 Å². The van der Waals surface area contributed by atoms with Gasteiger partial charge in [-0.2, -0.15) is 5.10 Å². The summed E-state index contributed by atoms with van der Waals surface area (Å²) in [5.74, 6) is -0.389. The number of pyridine rings is 1. The molecule has 0 spiro atoms. The molecular weight excluding hydrogens is 342 g/mol. The molecule has 130 valence electrons. The van der Waals surface area contributed by atoms with Gasteiger partial charge in [0.15, 0.2) is 5.65 Å². The molecule has 0 saturated carbocycles. The maximum Gasteiger partial charge on any atom is 0.257 e. The normalized spacial score (nSPS) is 11.5. The Hall–Kier alpha value is -2.94. The van der Waals surface area contributed by atoms with Crippen LogP contribution in [0.25, 0.3) is 11.0 Å². The number of nitrogens with one attached hydrogen (secondary N) is 2. The zero-order chi connectivity index (χ0) is 18.2. The molecule has 25 heavy (non-hydrogen) atoms. The van der Waals surface area contributed by atoms with Crippen molar-refractivity contribution in [3.8, 4) is 0 Å². The van der Waals surface area contributed by atoms with E-state index in [1.807, 2.05) is 6.92 Å². The van der Waals surface area contributed by atoms with Gasteiger partial charge in [0, 0.05) is 18.6 Å². The summed E-state index contributed by atoms with van der Waals surface area (Å²) in [5, 5.41) is 7.77. The molecule has 0 saturated heterocycles. The molecule has 1 amide bonds. The molecule has 2 N–H and O–H groups in total. The number of anilines is 2. The van der Waals surface area contributed by atoms with Gasteiger partial charge in [0.25, 0.3) is 5.91 Å². The predicted molar refractivity (Wildman–Crippen MR) is 96.1 cm³/mol. The third kappa shape index (κ3) is 3.61. The SMILES string of the molecule is Cc1nn(C)c2ncc(C(=O)Nc3ccccc3NS(C)(=O)=O)cc12. The standard InChI is InChI=1S/C16H17N5O3S/c1-10-12-8-11(9-17-15(12)21(2)19-10)16(22)18-13-6-4-5-7-14(13)20-25(3,23)24/h4-9,20H,1-3H3,(H,18,22). The van der Waals surface area contributed by atoms with Crippen LogP contribution in [0.15, 0.2) is 36.5 Å². The molecule has 0 bridgehead atoms. The second kappa shape index (κ2) is 6.17. The number of carbonyl (C=O) groups excluding carboxylic acids is 1. The number of fused-ring (bicyclic) bond motifs is 1. The molecule has 0 atom stereocenters. The Bertz CT molecular complexity index is 1070. The number of carbonyl (C=O) groups is 1. The van der Waals surface area contributed by atoms with E-state index in [0.29, 0.717) is 22.6 Å². The summed E-state index contributed by atoms with van der Waals surface area (Å²) in [6, 6.07) is 8.29. The summed E-state index contributed by atoms with van der Waals surface area (Å²) in [4.78, 5) is 16.8. The van der Waals surface area contributed by atoms with Gasteiger partial charge in [0.1, 0.15) is 0 Å². The quantitative estimate of drug-likeness (QED) is 0.740. The van der Waals surface area contributed by atoms with Gasteiger partial charge in [0.2, 0.25) is 10.0 Å². The fourth-order valence-corrected chi connectivity index (χ4v) is 3.08. The van der Waals surface area contributed by atoms with E-state index < -0.39 is 10.0 Å². The number of para-hydroxylation sites is 2. The highest BCUT2D eigenvalue weighted by molar-refractivity contribution is 7.92. The first-order valence-electron chi connectivity index (χ1n) is 7.42. The Morgan fingerprint density at radius 2 is 1.88 bits per heavy atom. The van der Waals surface area contributed by atoms with Crippen LogP contribution in [-0.2, 0) is 17.1 Å². The fraction of sp³-hybridized carbons (Fsp3) is 0.188. The summed E-state index contributed by atoms with van der Waals surface area (Å²) >= 11 is 0. The molecule has 0 unspecified atom stereocenters. The van der Waals surface area contributed by atoms with Crippen molar-refractivity contribution in [2.24, 2.45) is 7.05 Å². The monoisotopic (exact) mass is 359 g/mol. The van der Waals surface area contributed by atoms with Crippen LogP contribution in [0.2, 0.25) is 0 Å². The number of benzene rings is 1. The summed E-state index contributed by atoms with van der Waals surface area (Å²) in [6.45, 7) is 1.84. The largest absolute Gasteiger partial charge is 0.320 e. The highest BCUT2D eigenvalue weighted by atomic mass is 32.2. The third-order valence-corrected chi connectivity index (χ3v) is 4.19. The van der Waals surface area contributed by atoms with Gasteiger partial charge >= 0.3 is 0 Å². The number of sulfonamides is 1. The van der Waals surface area contributed by atoms with Crippen LogP contribution in [0, 0.1) is 6.92 Å². The van der Waals surface area contributed by atoms with E-state index >= 15 is 0 Å². The molecule has 3 rings (SSSR count). The molecule has 0 aliphatic rings. The number of hydrogen-bond donors (Lipinski definition) is 2. The van der Waals surface area contributed by atoms with Gasteiger partial charge in [-0.15, -0.1) is 0 Å². The van der Waals surface area contributed by atoms with Crippen LogP contribution in [0.5, 0.6) is 0 Å². The average Bonchev–Trinajstić information content (AvgIpc) is 2.82. The molecule has 2 aromatic heterocycles. The maximum absolute atomic E-state index is 12.5. The van der Waals surface area contributed by atoms with Gasteiger partial charge in [-0.05, 0) is 25.1 Å². The molecule has 9 heteroatoms. The van der Waals surface area contributed by atoms with Crippen LogP contribution in [-0.4, -0.2) is 35.3 Å². The van der Waals surface area contributed by atoms with E-state index in [0.717, 1.165) is 17.3 Å². The molecule has 8 nitrogen and oxygen atoms in total. The molecular formula is C16H17N5O3S. The van der Waals surface area contributed by atoms with Gasteiger partial charge in [-0.25, -0.2) is 13.4 Å². The van der Waals surface area contributed by atoms with Gasteiger partial charge in [-0.3, -0.25) is 14.2 Å². The first-order chi connectivity index (χ1) is 11.7. The highest BCUT2D eigenvalue weighted by Crippen LogP contribution is 2.23. The molecule has 3 aromatic rings. The van der Waals surface area contributed by atoms with Crippen LogP contribution in [0.4, 0.5) is 11.4 Å². The van der Waals surface area contributed by atoms with E-state index in [4.69, 9.17) is 0 Å². The Morgan fingerprint density at radius 1 is 1.20 bits per heavy atom. The van der Waals surface area contributed by atoms with Gasteiger partial charge < -0.3 is 5.32 Å². The van der Waals surface area contributed by atoms with E-state index in [1.54, 1.807) is 42.1 Å². The van der Waals surface area contributed by atoms with Crippen molar-refractivity contribution in [3.05, 3.63) is 47.8 Å². The molecule has 1 aromatic carbocycles. The van der Waals surface area contributed by atoms with Crippen molar-refractivity contribution < 1.29 is 13.2 Å². The molecule has 0 fully saturated rings. The van der Waals surface area contributed by atoms with Crippen molar-refractivity contribution in [1.29, 1.82) is 0 Å². The summed E-state index contributed by atoms with van der Waals surface area (Å²) in [5.41, 5.74) is 2.48. The summed E-state index contributed by atoms with van der Waals surface area (Å²) in [6.07, 6.45) is 2.51. The number of amides is 1. The minimum Gasteiger partial charge on any atom is -0.320 e. The lowest BCUT2D eigenvalue weighted by atomic mass is 10.2. The lowest BCUT2D eigenvalue weighted by molar-refractivity contribution is 0.102. The van der Waals surface area contributed by atoms with Crippen molar-refractivity contribution >= 4 is 38.3 Å². The minimum atomic E-state index is -3.46. The van der Waals surface area contributed by atoms with Crippen molar-refractivity contribution in [2.45, 2.75) is 6.92 Å². The van der Waals surface area contributed by atoms with E-state index in [1.165, 1.54) is 6.20 Å². The smallest absolute Gasteiger partial charge is 0.257 e. The molecule has 2 heterocycles. The molecule has 0 aliphatic heterocycles. The van der Waals surface area contributed by atoms with Crippen LogP contribution in [0.3, 0.4) is 0 Å². The number of nitrogens with zero attached hydrogens (tertiary/aromatic N) is 3. The summed E-state index contributed by atoms with van der Waals surface area (Å²) in [7, 11) is -1.67. The molecule has 0 aliphatic carbocycles. The van der Waals surface area contributed by atoms with E-state index in [2.05, 4.69) is 20.1 Å². The van der Waals surface area contributed by atoms with E-state index in [9.17, 15) is 13.2 Å². The second-order valence-corrected chi connectivity index (χ2v) is 7.43. The predicted octanol–water partition coefficient (Wildman–Crippen LogP) is 1.90. The maximum atomic E-state index is 12.5. The lowest BCUT2D eigenvalue weighted by Crippen LogP contribution is -2.16. The second-order valence-electron chi connectivity index (χ2n) is 5.68. The van der Waals surface area contributed by atoms with Gasteiger partial charge in [-0.1, -0.05) is 12.1 Å². The van der Waals surface area contributed by atoms with Crippen molar-refractivity contribution in [2.75, 3.05) is 16.3 Å². The first-order valence-corrected chi connectivity index (χ1v) is 9.31. The number of aryl methyl sites for hydroxylation is 2. The Kier molecular flexibility index (Phi) is 4.17. The van der Waals surface area contributed by atoms with Crippen LogP contribution in [0.1, 0.15) is 16.1 Å². The fourth-order valence-electron chi connectivity index (χ4n) is 2.51. The Morgan fingerprint density at radius 3 is 2.56 bits per heavy atom. The Labute approximate surface area is 144 Å². The third-order valence-electron chi connectivity index (χ3n) is 3.60. The van der Waals surface area contributed by atoms with Crippen molar-refractivity contribution in [1.82, 2.24) is 14.8 Å². The Balaban J connectivity index is 1.92. The molecule has 0 radical (unpaired) electrons. The lowest BCUT2D eigenvalue weighted by Gasteiger charge is -2.11. The first kappa shape index (κ1) is 16.9. The summed E-state index contributed by atoms with van der Waals surface area (Å²) < 4.78 is 26.9. The zero-order valence-electron chi connectivity index (χ0n) is 13.9. The number of aromatic nitrogens is 3. The number of hydrogen-bond acceptors (Lipinski definition) is 5. The highest BCUT2D eigenvalue weighted by Gasteiger charge is 2.14. The van der Waals surface area contributed by atoms with Crippen LogP contribution >= 0.6 is 0 Å². The number of rotatable bonds is 4. The topological polar surface area (TPSA) is 106 Å². The van der Waals surface area contributed by atoms with Crippen LogP contribution < -0.4 is 10.0 Å². The zero-order valence-corrected chi connectivity index (χ0v) is 14.8. The van der Waals surface area contributed by atoms with E-state index in [-0.39, 0.29) is 5.91 Å².